The number of hydrogen-bond donors (Lipinski definition) is 0. The van der Waals surface area contributed by atoms with Crippen LogP contribution >= 0.6 is 0 Å². The fourth-order valence-corrected chi connectivity index (χ4v) is 1.20. The van der Waals surface area contributed by atoms with Crippen LogP contribution in [-0.2, 0) is 11.2 Å². The zero-order valence-corrected chi connectivity index (χ0v) is 7.62. The van der Waals surface area contributed by atoms with Crippen LogP contribution in [-0.4, -0.2) is 6.29 Å². The normalized spacial score (nSPS) is 9.54. The first-order chi connectivity index (χ1) is 6.33. The SMILES string of the molecule is C=C([C]=O)CCCc1ccccc1. The molecule has 0 fully saturated rings. The summed E-state index contributed by atoms with van der Waals surface area (Å²) in [4.78, 5) is 10.1. The minimum Gasteiger partial charge on any atom is -0.285 e. The summed E-state index contributed by atoms with van der Waals surface area (Å²) in [5.74, 6) is 0. The van der Waals surface area contributed by atoms with Crippen molar-refractivity contribution >= 4 is 6.29 Å². The van der Waals surface area contributed by atoms with Crippen LogP contribution in [0.3, 0.4) is 0 Å². The van der Waals surface area contributed by atoms with Gasteiger partial charge in [-0.3, -0.25) is 4.79 Å². The number of benzene rings is 1. The Balaban J connectivity index is 2.28. The molecule has 1 nitrogen and oxygen atoms in total. The van der Waals surface area contributed by atoms with E-state index in [0.29, 0.717) is 5.57 Å². The van der Waals surface area contributed by atoms with Crippen molar-refractivity contribution in [1.29, 1.82) is 0 Å². The molecule has 0 aliphatic carbocycles. The first-order valence-electron chi connectivity index (χ1n) is 4.43. The molecule has 0 amide bonds. The summed E-state index contributed by atoms with van der Waals surface area (Å²) in [7, 11) is 0. The molecule has 0 saturated carbocycles. The Morgan fingerprint density at radius 2 is 2.00 bits per heavy atom. The van der Waals surface area contributed by atoms with E-state index in [4.69, 9.17) is 0 Å². The average Bonchev–Trinajstić information content (AvgIpc) is 2.19. The standard InChI is InChI=1S/C12H13O/c1-11(10-13)6-5-9-12-7-3-2-4-8-12/h2-4,7-8H,1,5-6,9H2. The second kappa shape index (κ2) is 5.31. The van der Waals surface area contributed by atoms with E-state index in [1.165, 1.54) is 5.56 Å². The molecule has 1 rings (SSSR count). The number of hydrogen-bond acceptors (Lipinski definition) is 1. The van der Waals surface area contributed by atoms with Gasteiger partial charge in [-0.1, -0.05) is 36.9 Å². The van der Waals surface area contributed by atoms with Crippen molar-refractivity contribution in [3.8, 4) is 0 Å². The Kier molecular flexibility index (Phi) is 3.97. The highest BCUT2D eigenvalue weighted by atomic mass is 16.1. The Bertz CT molecular complexity index is 274. The number of allylic oxidation sites excluding steroid dienone is 1. The average molecular weight is 173 g/mol. The van der Waals surface area contributed by atoms with Gasteiger partial charge in [0.1, 0.15) is 0 Å². The van der Waals surface area contributed by atoms with Crippen LogP contribution in [0, 0.1) is 0 Å². The van der Waals surface area contributed by atoms with Gasteiger partial charge >= 0.3 is 0 Å². The minimum absolute atomic E-state index is 0.566. The van der Waals surface area contributed by atoms with Crippen LogP contribution in [0.2, 0.25) is 0 Å². The molecule has 1 aromatic carbocycles. The second-order valence-corrected chi connectivity index (χ2v) is 3.04. The molecule has 0 saturated heterocycles. The summed E-state index contributed by atoms with van der Waals surface area (Å²) in [6.45, 7) is 3.58. The molecule has 0 aliphatic heterocycles. The molecule has 0 N–H and O–H groups in total. The van der Waals surface area contributed by atoms with Gasteiger partial charge in [-0.15, -0.1) is 0 Å². The zero-order chi connectivity index (χ0) is 9.52. The third kappa shape index (κ3) is 3.70. The van der Waals surface area contributed by atoms with Gasteiger partial charge in [0, 0.05) is 0 Å². The van der Waals surface area contributed by atoms with E-state index in [2.05, 4.69) is 18.7 Å². The molecule has 1 radical (unpaired) electrons. The highest BCUT2D eigenvalue weighted by molar-refractivity contribution is 5.72. The summed E-state index contributed by atoms with van der Waals surface area (Å²) in [6, 6.07) is 10.2. The van der Waals surface area contributed by atoms with E-state index >= 15 is 0 Å². The molecule has 0 spiro atoms. The van der Waals surface area contributed by atoms with E-state index < -0.39 is 0 Å². The zero-order valence-electron chi connectivity index (χ0n) is 7.62. The second-order valence-electron chi connectivity index (χ2n) is 3.04. The van der Waals surface area contributed by atoms with Crippen LogP contribution < -0.4 is 0 Å². The van der Waals surface area contributed by atoms with E-state index in [0.717, 1.165) is 19.3 Å². The van der Waals surface area contributed by atoms with Crippen molar-refractivity contribution in [2.75, 3.05) is 0 Å². The van der Waals surface area contributed by atoms with Gasteiger partial charge in [-0.2, -0.15) is 0 Å². The van der Waals surface area contributed by atoms with Crippen molar-refractivity contribution in [3.05, 3.63) is 48.0 Å². The van der Waals surface area contributed by atoms with Gasteiger partial charge in [-0.25, -0.2) is 0 Å². The van der Waals surface area contributed by atoms with E-state index in [-0.39, 0.29) is 0 Å². The molecular formula is C12H13O. The monoisotopic (exact) mass is 173 g/mol. The minimum atomic E-state index is 0.566. The molecule has 0 bridgehead atoms. The first-order valence-corrected chi connectivity index (χ1v) is 4.43. The van der Waals surface area contributed by atoms with Crippen LogP contribution in [0.5, 0.6) is 0 Å². The Labute approximate surface area is 79.1 Å². The van der Waals surface area contributed by atoms with E-state index in [9.17, 15) is 4.79 Å². The van der Waals surface area contributed by atoms with Crippen molar-refractivity contribution in [3.63, 3.8) is 0 Å². The van der Waals surface area contributed by atoms with Crippen molar-refractivity contribution in [2.24, 2.45) is 0 Å². The highest BCUT2D eigenvalue weighted by Crippen LogP contribution is 2.07. The van der Waals surface area contributed by atoms with Gasteiger partial charge in [0.2, 0.25) is 6.29 Å². The maximum Gasteiger partial charge on any atom is 0.228 e. The summed E-state index contributed by atoms with van der Waals surface area (Å²) < 4.78 is 0. The molecule has 1 aromatic rings. The van der Waals surface area contributed by atoms with E-state index in [1.807, 2.05) is 18.2 Å². The predicted octanol–water partition coefficient (Wildman–Crippen LogP) is 2.68. The van der Waals surface area contributed by atoms with Crippen molar-refractivity contribution in [1.82, 2.24) is 0 Å². The smallest absolute Gasteiger partial charge is 0.228 e. The summed E-state index contributed by atoms with van der Waals surface area (Å²) in [5, 5.41) is 0. The summed E-state index contributed by atoms with van der Waals surface area (Å²) >= 11 is 0. The molecule has 0 unspecified atom stereocenters. The van der Waals surface area contributed by atoms with Gasteiger partial charge in [0.25, 0.3) is 0 Å². The van der Waals surface area contributed by atoms with E-state index in [1.54, 1.807) is 6.29 Å². The lowest BCUT2D eigenvalue weighted by molar-refractivity contribution is 0.559. The Hall–Kier alpha value is -1.37. The number of carbonyl (C=O) groups excluding carboxylic acids is 1. The lowest BCUT2D eigenvalue weighted by Gasteiger charge is -1.99. The number of aryl methyl sites for hydroxylation is 1. The number of rotatable bonds is 5. The fraction of sp³-hybridized carbons (Fsp3) is 0.250. The van der Waals surface area contributed by atoms with Gasteiger partial charge in [-0.05, 0) is 30.4 Å². The molecule has 1 heteroatoms. The topological polar surface area (TPSA) is 17.1 Å². The van der Waals surface area contributed by atoms with Crippen LogP contribution in [0.4, 0.5) is 0 Å². The maximum absolute atomic E-state index is 10.1. The molecule has 0 atom stereocenters. The molecule has 0 aromatic heterocycles. The summed E-state index contributed by atoms with van der Waals surface area (Å²) in [6.07, 6.45) is 4.53. The largest absolute Gasteiger partial charge is 0.285 e. The van der Waals surface area contributed by atoms with Crippen LogP contribution in [0.25, 0.3) is 0 Å². The molecule has 67 valence electrons. The highest BCUT2D eigenvalue weighted by Gasteiger charge is 1.94. The molecule has 0 heterocycles. The van der Waals surface area contributed by atoms with Crippen molar-refractivity contribution < 1.29 is 4.79 Å². The lowest BCUT2D eigenvalue weighted by Crippen LogP contribution is -1.87. The summed E-state index contributed by atoms with van der Waals surface area (Å²) in [5.41, 5.74) is 1.87. The Morgan fingerprint density at radius 1 is 1.31 bits per heavy atom. The van der Waals surface area contributed by atoms with Gasteiger partial charge < -0.3 is 0 Å². The maximum atomic E-state index is 10.1. The fourth-order valence-electron chi connectivity index (χ4n) is 1.20. The van der Waals surface area contributed by atoms with Gasteiger partial charge in [0.05, 0.1) is 0 Å². The van der Waals surface area contributed by atoms with Crippen LogP contribution in [0.15, 0.2) is 42.5 Å². The van der Waals surface area contributed by atoms with Gasteiger partial charge in [0.15, 0.2) is 0 Å². The molecule has 0 aliphatic rings. The molecular weight excluding hydrogens is 160 g/mol. The van der Waals surface area contributed by atoms with Crippen LogP contribution in [0.1, 0.15) is 18.4 Å². The Morgan fingerprint density at radius 3 is 2.62 bits per heavy atom. The quantitative estimate of drug-likeness (QED) is 0.626. The van der Waals surface area contributed by atoms with Crippen molar-refractivity contribution in [2.45, 2.75) is 19.3 Å². The first kappa shape index (κ1) is 9.72. The lowest BCUT2D eigenvalue weighted by atomic mass is 10.1. The predicted molar refractivity (Wildman–Crippen MR) is 54.2 cm³/mol. The third-order valence-corrected chi connectivity index (χ3v) is 1.93. The molecule has 13 heavy (non-hydrogen) atoms. The third-order valence-electron chi connectivity index (χ3n) is 1.93.